The van der Waals surface area contributed by atoms with Gasteiger partial charge in [-0.05, 0) is 32.4 Å². The minimum Gasteiger partial charge on any atom is -0.465 e. The molecule has 0 radical (unpaired) electrons. The van der Waals surface area contributed by atoms with E-state index in [2.05, 4.69) is 0 Å². The highest BCUT2D eigenvalue weighted by molar-refractivity contribution is 6.31. The summed E-state index contributed by atoms with van der Waals surface area (Å²) in [5, 5.41) is 0.533. The van der Waals surface area contributed by atoms with Gasteiger partial charge in [-0.15, -0.1) is 0 Å². The maximum atomic E-state index is 12.1. The van der Waals surface area contributed by atoms with Gasteiger partial charge >= 0.3 is 5.97 Å². The van der Waals surface area contributed by atoms with Crippen molar-refractivity contribution < 1.29 is 14.3 Å². The molecule has 0 heterocycles. The summed E-state index contributed by atoms with van der Waals surface area (Å²) >= 11 is 5.99. The lowest BCUT2D eigenvalue weighted by atomic mass is 9.85. The van der Waals surface area contributed by atoms with E-state index < -0.39 is 11.4 Å². The number of ketones is 1. The normalized spacial score (nSPS) is 11.1. The van der Waals surface area contributed by atoms with Crippen LogP contribution < -0.4 is 0 Å². The van der Waals surface area contributed by atoms with Crippen molar-refractivity contribution in [1.82, 2.24) is 0 Å². The van der Waals surface area contributed by atoms with E-state index in [1.165, 1.54) is 0 Å². The summed E-state index contributed by atoms with van der Waals surface area (Å²) in [5.41, 5.74) is -0.420. The predicted octanol–water partition coefficient (Wildman–Crippen LogP) is 3.04. The minimum atomic E-state index is -1.14. The van der Waals surface area contributed by atoms with Gasteiger partial charge < -0.3 is 4.74 Å². The molecule has 0 saturated carbocycles. The molecule has 0 saturated heterocycles. The molecule has 0 spiro atoms. The largest absolute Gasteiger partial charge is 0.465 e. The average molecular weight is 269 g/mol. The number of Topliss-reactive ketones (excluding diaryl/α,β-unsaturated/α-hetero) is 1. The summed E-state index contributed by atoms with van der Waals surface area (Å²) in [5.74, 6) is -0.698. The summed E-state index contributed by atoms with van der Waals surface area (Å²) in [6, 6.07) is 7.11. The fourth-order valence-electron chi connectivity index (χ4n) is 1.46. The van der Waals surface area contributed by atoms with Crippen LogP contribution in [0.15, 0.2) is 24.3 Å². The number of hydrogen-bond acceptors (Lipinski definition) is 3. The molecule has 0 aliphatic rings. The van der Waals surface area contributed by atoms with Crippen molar-refractivity contribution in [2.24, 2.45) is 5.41 Å². The maximum Gasteiger partial charge on any atom is 0.319 e. The number of hydrogen-bond donors (Lipinski definition) is 0. The molecule has 4 heteroatoms. The lowest BCUT2D eigenvalue weighted by molar-refractivity contribution is -0.157. The highest BCUT2D eigenvalue weighted by Gasteiger charge is 2.37. The third-order valence-corrected chi connectivity index (χ3v) is 3.16. The van der Waals surface area contributed by atoms with Crippen LogP contribution in [0.4, 0.5) is 0 Å². The number of rotatable bonds is 5. The highest BCUT2D eigenvalue weighted by Crippen LogP contribution is 2.24. The Bertz CT molecular complexity index is 452. The van der Waals surface area contributed by atoms with Gasteiger partial charge in [0.25, 0.3) is 0 Å². The summed E-state index contributed by atoms with van der Waals surface area (Å²) < 4.78 is 4.90. The zero-order valence-corrected chi connectivity index (χ0v) is 11.6. The van der Waals surface area contributed by atoms with Crippen molar-refractivity contribution in [2.75, 3.05) is 6.61 Å². The fraction of sp³-hybridized carbons (Fsp3) is 0.429. The van der Waals surface area contributed by atoms with E-state index in [0.29, 0.717) is 5.02 Å². The van der Waals surface area contributed by atoms with E-state index in [1.54, 1.807) is 39.0 Å². The Morgan fingerprint density at radius 3 is 2.44 bits per heavy atom. The average Bonchev–Trinajstić information content (AvgIpc) is 2.32. The molecule has 1 aromatic rings. The zero-order chi connectivity index (χ0) is 13.8. The lowest BCUT2D eigenvalue weighted by Gasteiger charge is -2.20. The summed E-state index contributed by atoms with van der Waals surface area (Å²) in [6.07, 6.45) is 0.130. The summed E-state index contributed by atoms with van der Waals surface area (Å²) in [7, 11) is 0. The van der Waals surface area contributed by atoms with Crippen LogP contribution in [-0.2, 0) is 20.7 Å². The van der Waals surface area contributed by atoms with Crippen LogP contribution in [0.2, 0.25) is 5.02 Å². The number of benzene rings is 1. The van der Waals surface area contributed by atoms with E-state index in [0.717, 1.165) is 5.56 Å². The van der Waals surface area contributed by atoms with E-state index >= 15 is 0 Å². The summed E-state index contributed by atoms with van der Waals surface area (Å²) in [6.45, 7) is 5.13. The molecule has 1 aromatic carbocycles. The molecule has 3 nitrogen and oxygen atoms in total. The van der Waals surface area contributed by atoms with Crippen molar-refractivity contribution >= 4 is 23.4 Å². The van der Waals surface area contributed by atoms with Crippen LogP contribution in [0.1, 0.15) is 26.3 Å². The molecule has 0 bridgehead atoms. The number of esters is 1. The second-order valence-electron chi connectivity index (χ2n) is 4.54. The van der Waals surface area contributed by atoms with Gasteiger partial charge in [-0.25, -0.2) is 0 Å². The van der Waals surface area contributed by atoms with Gasteiger partial charge in [0, 0.05) is 11.4 Å². The zero-order valence-electron chi connectivity index (χ0n) is 10.8. The standard InChI is InChI=1S/C14H17ClO3/c1-4-18-13(17)14(2,3)12(16)9-10-7-5-6-8-11(10)15/h5-8H,4,9H2,1-3H3. The number of halogens is 1. The Hall–Kier alpha value is -1.35. The number of ether oxygens (including phenoxy) is 1. The van der Waals surface area contributed by atoms with Crippen molar-refractivity contribution in [3.05, 3.63) is 34.9 Å². The van der Waals surface area contributed by atoms with Gasteiger partial charge in [-0.1, -0.05) is 29.8 Å². The van der Waals surface area contributed by atoms with Gasteiger partial charge in [0.15, 0.2) is 5.78 Å². The molecule has 0 aliphatic heterocycles. The van der Waals surface area contributed by atoms with Crippen molar-refractivity contribution in [2.45, 2.75) is 27.2 Å². The molecule has 0 fully saturated rings. The third kappa shape index (κ3) is 3.33. The maximum absolute atomic E-state index is 12.1. The molecule has 0 aliphatic carbocycles. The van der Waals surface area contributed by atoms with Crippen molar-refractivity contribution in [3.8, 4) is 0 Å². The van der Waals surface area contributed by atoms with Gasteiger partial charge in [0.1, 0.15) is 5.41 Å². The Morgan fingerprint density at radius 2 is 1.89 bits per heavy atom. The van der Waals surface area contributed by atoms with Gasteiger partial charge in [-0.2, -0.15) is 0 Å². The minimum absolute atomic E-state index is 0.130. The lowest BCUT2D eigenvalue weighted by Crippen LogP contribution is -2.36. The van der Waals surface area contributed by atoms with E-state index in [4.69, 9.17) is 16.3 Å². The van der Waals surface area contributed by atoms with Gasteiger partial charge in [0.2, 0.25) is 0 Å². The smallest absolute Gasteiger partial charge is 0.319 e. The number of carbonyl (C=O) groups excluding carboxylic acids is 2. The predicted molar refractivity (Wildman–Crippen MR) is 70.6 cm³/mol. The van der Waals surface area contributed by atoms with E-state index in [1.807, 2.05) is 6.07 Å². The Morgan fingerprint density at radius 1 is 1.28 bits per heavy atom. The van der Waals surface area contributed by atoms with Crippen molar-refractivity contribution in [1.29, 1.82) is 0 Å². The van der Waals surface area contributed by atoms with E-state index in [-0.39, 0.29) is 18.8 Å². The second kappa shape index (κ2) is 6.01. The first-order valence-corrected chi connectivity index (χ1v) is 6.21. The van der Waals surface area contributed by atoms with Crippen LogP contribution in [0.3, 0.4) is 0 Å². The highest BCUT2D eigenvalue weighted by atomic mass is 35.5. The van der Waals surface area contributed by atoms with Gasteiger partial charge in [-0.3, -0.25) is 9.59 Å². The fourth-order valence-corrected chi connectivity index (χ4v) is 1.66. The van der Waals surface area contributed by atoms with Crippen LogP contribution in [0.25, 0.3) is 0 Å². The molecular weight excluding hydrogens is 252 g/mol. The van der Waals surface area contributed by atoms with Crippen LogP contribution >= 0.6 is 11.6 Å². The monoisotopic (exact) mass is 268 g/mol. The molecule has 0 atom stereocenters. The van der Waals surface area contributed by atoms with Crippen LogP contribution in [-0.4, -0.2) is 18.4 Å². The molecule has 0 amide bonds. The SMILES string of the molecule is CCOC(=O)C(C)(C)C(=O)Cc1ccccc1Cl. The molecule has 18 heavy (non-hydrogen) atoms. The molecule has 0 unspecified atom stereocenters. The summed E-state index contributed by atoms with van der Waals surface area (Å²) in [4.78, 5) is 23.8. The quantitative estimate of drug-likeness (QED) is 0.609. The molecule has 1 rings (SSSR count). The second-order valence-corrected chi connectivity index (χ2v) is 4.94. The van der Waals surface area contributed by atoms with Crippen LogP contribution in [0, 0.1) is 5.41 Å². The Balaban J connectivity index is 2.82. The first kappa shape index (κ1) is 14.7. The Kier molecular flexibility index (Phi) is 4.91. The Labute approximate surface area is 112 Å². The molecule has 98 valence electrons. The van der Waals surface area contributed by atoms with E-state index in [9.17, 15) is 9.59 Å². The first-order chi connectivity index (χ1) is 8.39. The molecular formula is C14H17ClO3. The third-order valence-electron chi connectivity index (χ3n) is 2.79. The topological polar surface area (TPSA) is 43.4 Å². The molecule has 0 aromatic heterocycles. The molecule has 0 N–H and O–H groups in total. The first-order valence-electron chi connectivity index (χ1n) is 5.83. The van der Waals surface area contributed by atoms with Crippen molar-refractivity contribution in [3.63, 3.8) is 0 Å². The van der Waals surface area contributed by atoms with Crippen LogP contribution in [0.5, 0.6) is 0 Å². The number of carbonyl (C=O) groups is 2. The van der Waals surface area contributed by atoms with Gasteiger partial charge in [0.05, 0.1) is 6.61 Å².